The zero-order chi connectivity index (χ0) is 12.3. The second-order valence-corrected chi connectivity index (χ2v) is 4.82. The molecular weight excluding hydrogens is 219 g/mol. The Hall–Kier alpha value is -0.930. The number of hydrogen-bond acceptors (Lipinski definition) is 2. The molecule has 0 radical (unpaired) electrons. The number of methoxy groups -OCH3 is 1. The van der Waals surface area contributed by atoms with Gasteiger partial charge >= 0.3 is 0 Å². The molecule has 0 heterocycles. The molecule has 0 saturated heterocycles. The van der Waals surface area contributed by atoms with Crippen LogP contribution in [0.3, 0.4) is 0 Å². The summed E-state index contributed by atoms with van der Waals surface area (Å²) in [5.41, 5.74) is 0.552. The molecule has 1 aromatic carbocycles. The van der Waals surface area contributed by atoms with Crippen molar-refractivity contribution in [2.45, 2.75) is 43.8 Å². The number of halogens is 1. The Morgan fingerprint density at radius 3 is 2.41 bits per heavy atom. The van der Waals surface area contributed by atoms with Crippen molar-refractivity contribution in [2.75, 3.05) is 7.11 Å². The van der Waals surface area contributed by atoms with Crippen molar-refractivity contribution in [3.8, 4) is 0 Å². The topological polar surface area (TPSA) is 29.5 Å². The number of benzene rings is 1. The average Bonchev–Trinajstić information content (AvgIpc) is 2.82. The number of aliphatic hydroxyl groups is 1. The summed E-state index contributed by atoms with van der Waals surface area (Å²) in [6.07, 6.45) is 4.04. The first-order valence-electron chi connectivity index (χ1n) is 6.14. The van der Waals surface area contributed by atoms with Crippen LogP contribution in [0.4, 0.5) is 4.39 Å². The lowest BCUT2D eigenvalue weighted by molar-refractivity contribution is -0.0971. The van der Waals surface area contributed by atoms with E-state index >= 15 is 0 Å². The molecule has 0 spiro atoms. The third kappa shape index (κ3) is 2.67. The summed E-state index contributed by atoms with van der Waals surface area (Å²) in [5.74, 6) is -0.245. The van der Waals surface area contributed by atoms with E-state index in [9.17, 15) is 9.50 Å². The maximum atomic E-state index is 12.8. The van der Waals surface area contributed by atoms with Gasteiger partial charge in [-0.1, -0.05) is 25.0 Å². The van der Waals surface area contributed by atoms with Crippen molar-refractivity contribution >= 4 is 0 Å². The smallest absolute Gasteiger partial charge is 0.123 e. The highest BCUT2D eigenvalue weighted by atomic mass is 19.1. The maximum Gasteiger partial charge on any atom is 0.123 e. The molecule has 1 saturated carbocycles. The summed E-state index contributed by atoms with van der Waals surface area (Å²) in [4.78, 5) is 0. The predicted molar refractivity (Wildman–Crippen MR) is 64.3 cm³/mol. The van der Waals surface area contributed by atoms with Gasteiger partial charge in [0.05, 0.1) is 11.7 Å². The highest BCUT2D eigenvalue weighted by Crippen LogP contribution is 2.36. The molecule has 17 heavy (non-hydrogen) atoms. The first kappa shape index (κ1) is 12.5. The lowest BCUT2D eigenvalue weighted by Gasteiger charge is -2.33. The normalized spacial score (nSPS) is 20.4. The van der Waals surface area contributed by atoms with Crippen LogP contribution < -0.4 is 0 Å². The van der Waals surface area contributed by atoms with Crippen molar-refractivity contribution in [1.82, 2.24) is 0 Å². The van der Waals surface area contributed by atoms with Crippen LogP contribution in [0.25, 0.3) is 0 Å². The third-order valence-corrected chi connectivity index (χ3v) is 3.81. The summed E-state index contributed by atoms with van der Waals surface area (Å²) < 4.78 is 18.3. The monoisotopic (exact) mass is 238 g/mol. The lowest BCUT2D eigenvalue weighted by Crippen LogP contribution is -2.42. The second-order valence-electron chi connectivity index (χ2n) is 4.82. The van der Waals surface area contributed by atoms with Crippen molar-refractivity contribution in [3.05, 3.63) is 35.6 Å². The Kier molecular flexibility index (Phi) is 3.79. The Labute approximate surface area is 101 Å². The van der Waals surface area contributed by atoms with Gasteiger partial charge in [-0.3, -0.25) is 0 Å². The van der Waals surface area contributed by atoms with Gasteiger partial charge in [-0.05, 0) is 30.5 Å². The largest absolute Gasteiger partial charge is 0.390 e. The van der Waals surface area contributed by atoms with Crippen molar-refractivity contribution in [3.63, 3.8) is 0 Å². The molecule has 0 amide bonds. The van der Waals surface area contributed by atoms with E-state index in [1.165, 1.54) is 12.1 Å². The highest BCUT2D eigenvalue weighted by molar-refractivity contribution is 5.18. The van der Waals surface area contributed by atoms with Gasteiger partial charge in [-0.25, -0.2) is 4.39 Å². The van der Waals surface area contributed by atoms with Crippen LogP contribution in [-0.2, 0) is 11.2 Å². The van der Waals surface area contributed by atoms with E-state index in [2.05, 4.69) is 0 Å². The SMILES string of the molecule is COC1(C(O)Cc2ccc(F)cc2)CCCC1. The van der Waals surface area contributed by atoms with Gasteiger partial charge < -0.3 is 9.84 Å². The molecule has 1 N–H and O–H groups in total. The van der Waals surface area contributed by atoms with Crippen molar-refractivity contribution in [2.24, 2.45) is 0 Å². The van der Waals surface area contributed by atoms with Crippen LogP contribution in [0.1, 0.15) is 31.2 Å². The molecular formula is C14H19FO2. The first-order valence-corrected chi connectivity index (χ1v) is 6.14. The standard InChI is InChI=1S/C14H19FO2/c1-17-14(8-2-3-9-14)13(16)10-11-4-6-12(15)7-5-11/h4-7,13,16H,2-3,8-10H2,1H3. The molecule has 0 aliphatic heterocycles. The van der Waals surface area contributed by atoms with Crippen molar-refractivity contribution < 1.29 is 14.2 Å². The average molecular weight is 238 g/mol. The molecule has 0 aromatic heterocycles. The van der Waals surface area contributed by atoms with Gasteiger partial charge in [0.1, 0.15) is 5.82 Å². The van der Waals surface area contributed by atoms with Gasteiger partial charge in [-0.15, -0.1) is 0 Å². The molecule has 94 valence electrons. The predicted octanol–water partition coefficient (Wildman–Crippen LogP) is 2.69. The molecule has 1 unspecified atom stereocenters. The molecule has 2 rings (SSSR count). The van der Waals surface area contributed by atoms with Crippen LogP contribution in [-0.4, -0.2) is 23.9 Å². The Morgan fingerprint density at radius 1 is 1.29 bits per heavy atom. The molecule has 2 nitrogen and oxygen atoms in total. The third-order valence-electron chi connectivity index (χ3n) is 3.81. The number of rotatable bonds is 4. The summed E-state index contributed by atoms with van der Waals surface area (Å²) in [7, 11) is 1.67. The van der Waals surface area contributed by atoms with Crippen LogP contribution in [0.15, 0.2) is 24.3 Å². The summed E-state index contributed by atoms with van der Waals surface area (Å²) >= 11 is 0. The zero-order valence-electron chi connectivity index (χ0n) is 10.2. The van der Waals surface area contributed by atoms with Gasteiger partial charge in [0.15, 0.2) is 0 Å². The molecule has 1 atom stereocenters. The van der Waals surface area contributed by atoms with Gasteiger partial charge in [0.25, 0.3) is 0 Å². The summed E-state index contributed by atoms with van der Waals surface area (Å²) in [6, 6.07) is 6.29. The summed E-state index contributed by atoms with van der Waals surface area (Å²) in [5, 5.41) is 10.3. The van der Waals surface area contributed by atoms with Crippen molar-refractivity contribution in [1.29, 1.82) is 0 Å². The van der Waals surface area contributed by atoms with E-state index in [4.69, 9.17) is 4.74 Å². The molecule has 3 heteroatoms. The van der Waals surface area contributed by atoms with Crippen LogP contribution >= 0.6 is 0 Å². The quantitative estimate of drug-likeness (QED) is 0.874. The number of hydrogen-bond donors (Lipinski definition) is 1. The van der Waals surface area contributed by atoms with E-state index in [1.807, 2.05) is 0 Å². The molecule has 1 aliphatic rings. The van der Waals surface area contributed by atoms with Gasteiger partial charge in [0, 0.05) is 13.5 Å². The minimum atomic E-state index is -0.513. The summed E-state index contributed by atoms with van der Waals surface area (Å²) in [6.45, 7) is 0. The molecule has 0 bridgehead atoms. The van der Waals surface area contributed by atoms with E-state index < -0.39 is 11.7 Å². The second kappa shape index (κ2) is 5.15. The van der Waals surface area contributed by atoms with E-state index in [-0.39, 0.29) is 5.82 Å². The van der Waals surface area contributed by atoms with E-state index in [0.29, 0.717) is 6.42 Å². The van der Waals surface area contributed by atoms with E-state index in [1.54, 1.807) is 19.2 Å². The lowest BCUT2D eigenvalue weighted by atomic mass is 9.90. The maximum absolute atomic E-state index is 12.8. The van der Waals surface area contributed by atoms with Crippen LogP contribution in [0.5, 0.6) is 0 Å². The first-order chi connectivity index (χ1) is 8.16. The molecule has 1 aromatic rings. The van der Waals surface area contributed by atoms with Crippen LogP contribution in [0, 0.1) is 5.82 Å². The minimum Gasteiger partial charge on any atom is -0.390 e. The van der Waals surface area contributed by atoms with Gasteiger partial charge in [-0.2, -0.15) is 0 Å². The number of aliphatic hydroxyl groups excluding tert-OH is 1. The van der Waals surface area contributed by atoms with Crippen LogP contribution in [0.2, 0.25) is 0 Å². The molecule has 1 aliphatic carbocycles. The fourth-order valence-electron chi connectivity index (χ4n) is 2.68. The fourth-order valence-corrected chi connectivity index (χ4v) is 2.68. The zero-order valence-corrected chi connectivity index (χ0v) is 10.2. The fraction of sp³-hybridized carbons (Fsp3) is 0.571. The Balaban J connectivity index is 2.05. The van der Waals surface area contributed by atoms with E-state index in [0.717, 1.165) is 31.2 Å². The Bertz CT molecular complexity index is 355. The van der Waals surface area contributed by atoms with Gasteiger partial charge in [0.2, 0.25) is 0 Å². The minimum absolute atomic E-state index is 0.245. The number of ether oxygens (including phenoxy) is 1. The Morgan fingerprint density at radius 2 is 1.88 bits per heavy atom. The highest BCUT2D eigenvalue weighted by Gasteiger charge is 2.40. The molecule has 1 fully saturated rings.